The van der Waals surface area contributed by atoms with E-state index in [0.29, 0.717) is 30.8 Å². The summed E-state index contributed by atoms with van der Waals surface area (Å²) < 4.78 is 15.1. The summed E-state index contributed by atoms with van der Waals surface area (Å²) in [5.41, 5.74) is 2.60. The second-order valence-corrected chi connectivity index (χ2v) is 9.44. The smallest absolute Gasteiger partial charge is 0.256 e. The molecule has 1 aromatic heterocycles. The van der Waals surface area contributed by atoms with Gasteiger partial charge in [-0.15, -0.1) is 0 Å². The van der Waals surface area contributed by atoms with Gasteiger partial charge in [-0.05, 0) is 55.7 Å². The molecule has 2 heterocycles. The molecule has 192 valence electrons. The van der Waals surface area contributed by atoms with Crippen molar-refractivity contribution >= 4 is 5.71 Å². The molecule has 0 fully saturated rings. The van der Waals surface area contributed by atoms with Gasteiger partial charge in [-0.25, -0.2) is 9.37 Å². The van der Waals surface area contributed by atoms with Crippen LogP contribution in [0.3, 0.4) is 0 Å². The first-order chi connectivity index (χ1) is 18.0. The van der Waals surface area contributed by atoms with Crippen molar-refractivity contribution < 1.29 is 14.3 Å². The number of halogens is 1. The Bertz CT molecular complexity index is 1340. The Labute approximate surface area is 216 Å². The van der Waals surface area contributed by atoms with Crippen molar-refractivity contribution in [1.82, 2.24) is 9.55 Å². The fourth-order valence-corrected chi connectivity index (χ4v) is 4.42. The number of unbranched alkanes of at least 4 members (excludes halogenated alkanes) is 2. The van der Waals surface area contributed by atoms with Crippen molar-refractivity contribution in [2.24, 2.45) is 5.16 Å². The molecule has 1 N–H and O–H groups in total. The van der Waals surface area contributed by atoms with E-state index in [9.17, 15) is 9.18 Å². The lowest BCUT2D eigenvalue weighted by molar-refractivity contribution is -0.00282. The van der Waals surface area contributed by atoms with Crippen LogP contribution in [0.15, 0.2) is 95.0 Å². The summed E-state index contributed by atoms with van der Waals surface area (Å²) in [6.45, 7) is 2.17. The summed E-state index contributed by atoms with van der Waals surface area (Å²) in [5.74, 6) is 0.177. The van der Waals surface area contributed by atoms with Gasteiger partial charge in [-0.2, -0.15) is 0 Å². The third-order valence-electron chi connectivity index (χ3n) is 6.29. The Morgan fingerprint density at radius 1 is 0.973 bits per heavy atom. The molecule has 0 saturated carbocycles. The monoisotopic (exact) mass is 501 g/mol. The first kappa shape index (κ1) is 26.2. The SMILES string of the molecule is CC1(Cc2ccccc2)CC(c2cccc(=O)n(-c3ccc(F)cc3)c(CCCCCO)ncc2)=NO1. The maximum Gasteiger partial charge on any atom is 0.256 e. The Balaban J connectivity index is 1.66. The van der Waals surface area contributed by atoms with E-state index in [4.69, 9.17) is 9.94 Å². The highest BCUT2D eigenvalue weighted by atomic mass is 19.1. The number of aliphatic hydroxyl groups excluding tert-OH is 1. The van der Waals surface area contributed by atoms with Crippen molar-refractivity contribution in [3.8, 4) is 5.69 Å². The molecule has 6 nitrogen and oxygen atoms in total. The van der Waals surface area contributed by atoms with Crippen molar-refractivity contribution in [2.75, 3.05) is 6.61 Å². The fraction of sp³-hybridized carbons (Fsp3) is 0.300. The lowest BCUT2D eigenvalue weighted by Gasteiger charge is -2.21. The topological polar surface area (TPSA) is 76.7 Å². The molecular formula is C30H32FN3O3. The molecule has 0 saturated heterocycles. The van der Waals surface area contributed by atoms with Gasteiger partial charge in [-0.3, -0.25) is 9.36 Å². The molecule has 0 spiro atoms. The third kappa shape index (κ3) is 7.11. The zero-order chi connectivity index (χ0) is 26.1. The molecule has 1 aliphatic rings. The van der Waals surface area contributed by atoms with E-state index in [-0.39, 0.29) is 18.0 Å². The van der Waals surface area contributed by atoms with Gasteiger partial charge < -0.3 is 9.94 Å². The summed E-state index contributed by atoms with van der Waals surface area (Å²) in [4.78, 5) is 23.8. The van der Waals surface area contributed by atoms with Crippen LogP contribution in [0.25, 0.3) is 5.69 Å². The van der Waals surface area contributed by atoms with Gasteiger partial charge in [0.2, 0.25) is 0 Å². The van der Waals surface area contributed by atoms with Gasteiger partial charge in [0, 0.05) is 43.7 Å². The maximum atomic E-state index is 13.6. The van der Waals surface area contributed by atoms with E-state index in [1.165, 1.54) is 28.3 Å². The van der Waals surface area contributed by atoms with Crippen LogP contribution < -0.4 is 5.56 Å². The Morgan fingerprint density at radius 3 is 2.51 bits per heavy atom. The summed E-state index contributed by atoms with van der Waals surface area (Å²) in [7, 11) is 0. The maximum absolute atomic E-state index is 13.6. The number of hydrogen-bond acceptors (Lipinski definition) is 5. The Hall–Kier alpha value is -3.84. The third-order valence-corrected chi connectivity index (χ3v) is 6.29. The van der Waals surface area contributed by atoms with Crippen molar-refractivity contribution in [3.05, 3.63) is 118 Å². The number of hydrogen-bond donors (Lipinski definition) is 1. The van der Waals surface area contributed by atoms with Crippen molar-refractivity contribution in [3.63, 3.8) is 0 Å². The van der Waals surface area contributed by atoms with Gasteiger partial charge in [0.25, 0.3) is 5.56 Å². The summed E-state index contributed by atoms with van der Waals surface area (Å²) in [6.07, 6.45) is 5.80. The number of aromatic nitrogens is 2. The number of benzene rings is 2. The predicted octanol–water partition coefficient (Wildman–Crippen LogP) is 5.33. The van der Waals surface area contributed by atoms with Crippen molar-refractivity contribution in [1.29, 1.82) is 0 Å². The van der Waals surface area contributed by atoms with E-state index in [1.54, 1.807) is 24.4 Å². The molecule has 7 heteroatoms. The van der Waals surface area contributed by atoms with E-state index in [1.807, 2.05) is 37.3 Å². The number of nitrogens with zero attached hydrogens (tertiary/aromatic N) is 3. The quantitative estimate of drug-likeness (QED) is 0.402. The van der Waals surface area contributed by atoms with E-state index in [2.05, 4.69) is 22.3 Å². The van der Waals surface area contributed by atoms with Crippen LogP contribution in [-0.2, 0) is 17.7 Å². The van der Waals surface area contributed by atoms with Crippen molar-refractivity contribution in [2.45, 2.75) is 51.0 Å². The van der Waals surface area contributed by atoms with E-state index >= 15 is 0 Å². The van der Waals surface area contributed by atoms with Gasteiger partial charge in [0.05, 0.1) is 11.4 Å². The molecule has 37 heavy (non-hydrogen) atoms. The highest BCUT2D eigenvalue weighted by Gasteiger charge is 2.34. The standard InChI is InChI=1S/C30H32FN3O3/c1-30(21-23-9-4-2-5-10-23)22-27(33-37-30)24-11-8-13-29(36)34(26-16-14-25(31)15-17-26)28(32-19-18-24)12-6-3-7-20-35/h2,4-5,8-11,13-19,35H,3,6-7,12,20-22H2,1H3. The van der Waals surface area contributed by atoms with Crippen LogP contribution in [0.5, 0.6) is 0 Å². The van der Waals surface area contributed by atoms with Crippen LogP contribution in [0.4, 0.5) is 4.39 Å². The van der Waals surface area contributed by atoms with Crippen LogP contribution in [0, 0.1) is 5.82 Å². The van der Waals surface area contributed by atoms with E-state index < -0.39 is 5.60 Å². The average Bonchev–Trinajstić information content (AvgIpc) is 3.28. The lowest BCUT2D eigenvalue weighted by Crippen LogP contribution is -2.27. The van der Waals surface area contributed by atoms with Gasteiger partial charge >= 0.3 is 0 Å². The second kappa shape index (κ2) is 12.4. The molecule has 4 rings (SSSR count). The van der Waals surface area contributed by atoms with Crippen LogP contribution in [0.2, 0.25) is 0 Å². The number of aliphatic hydroxyl groups is 1. The molecule has 3 aromatic rings. The molecular weight excluding hydrogens is 469 g/mol. The highest BCUT2D eigenvalue weighted by molar-refractivity contribution is 6.01. The van der Waals surface area contributed by atoms with Gasteiger partial charge in [-0.1, -0.05) is 54.0 Å². The average molecular weight is 502 g/mol. The molecule has 2 aromatic carbocycles. The molecule has 0 radical (unpaired) electrons. The predicted molar refractivity (Wildman–Crippen MR) is 143 cm³/mol. The summed E-state index contributed by atoms with van der Waals surface area (Å²) >= 11 is 0. The molecule has 1 atom stereocenters. The van der Waals surface area contributed by atoms with Crippen LogP contribution in [-0.4, -0.2) is 32.6 Å². The number of rotatable bonds is 9. The molecule has 0 bridgehead atoms. The zero-order valence-corrected chi connectivity index (χ0v) is 21.0. The highest BCUT2D eigenvalue weighted by Crippen LogP contribution is 2.29. The second-order valence-electron chi connectivity index (χ2n) is 9.44. The number of aryl methyl sites for hydroxylation is 1. The fourth-order valence-electron chi connectivity index (χ4n) is 4.42. The molecule has 0 aliphatic carbocycles. The minimum absolute atomic E-state index is 0.122. The lowest BCUT2D eigenvalue weighted by atomic mass is 9.90. The number of oxime groups is 1. The first-order valence-corrected chi connectivity index (χ1v) is 12.6. The Kier molecular flexibility index (Phi) is 8.80. The molecule has 1 aliphatic heterocycles. The van der Waals surface area contributed by atoms with Crippen LogP contribution in [0.1, 0.15) is 49.6 Å². The van der Waals surface area contributed by atoms with E-state index in [0.717, 1.165) is 30.5 Å². The first-order valence-electron chi connectivity index (χ1n) is 12.6. The minimum atomic E-state index is -0.458. The minimum Gasteiger partial charge on any atom is -0.396 e. The van der Waals surface area contributed by atoms with Crippen LogP contribution >= 0.6 is 0 Å². The molecule has 0 amide bonds. The zero-order valence-electron chi connectivity index (χ0n) is 21.0. The largest absolute Gasteiger partial charge is 0.396 e. The Morgan fingerprint density at radius 2 is 1.76 bits per heavy atom. The molecule has 1 unspecified atom stereocenters. The van der Waals surface area contributed by atoms with Gasteiger partial charge in [0.1, 0.15) is 17.2 Å². The summed E-state index contributed by atoms with van der Waals surface area (Å²) in [6, 6.07) is 22.8. The summed E-state index contributed by atoms with van der Waals surface area (Å²) in [5, 5.41) is 13.5. The van der Waals surface area contributed by atoms with Gasteiger partial charge in [0.15, 0.2) is 0 Å². The normalized spacial score (nSPS) is 16.6.